The van der Waals surface area contributed by atoms with Gasteiger partial charge in [-0.25, -0.2) is 13.1 Å². The lowest BCUT2D eigenvalue weighted by atomic mass is 10.2. The molecule has 5 heteroatoms. The molecule has 1 rings (SSSR count). The van der Waals surface area contributed by atoms with Crippen molar-refractivity contribution in [2.75, 3.05) is 6.54 Å². The Morgan fingerprint density at radius 1 is 1.33 bits per heavy atom. The lowest BCUT2D eigenvalue weighted by molar-refractivity contribution is 0.575. The second-order valence-electron chi connectivity index (χ2n) is 3.39. The van der Waals surface area contributed by atoms with E-state index >= 15 is 0 Å². The van der Waals surface area contributed by atoms with Crippen molar-refractivity contribution in [3.8, 4) is 0 Å². The van der Waals surface area contributed by atoms with Crippen LogP contribution in [-0.2, 0) is 10.0 Å². The number of unbranched alkanes of at least 4 members (excludes halogenated alkanes) is 3. The molecule has 1 N–H and O–H groups in total. The Kier molecular flexibility index (Phi) is 5.28. The minimum atomic E-state index is -3.24. The summed E-state index contributed by atoms with van der Waals surface area (Å²) in [6, 6.07) is 3.37. The predicted molar refractivity (Wildman–Crippen MR) is 63.6 cm³/mol. The molecule has 86 valence electrons. The Bertz CT molecular complexity index is 357. The summed E-state index contributed by atoms with van der Waals surface area (Å²) in [6.45, 7) is 2.68. The lowest BCUT2D eigenvalue weighted by Gasteiger charge is -2.03. The number of nitrogens with one attached hydrogen (secondary N) is 1. The molecule has 0 spiro atoms. The molecule has 1 aromatic heterocycles. The van der Waals surface area contributed by atoms with Gasteiger partial charge in [-0.05, 0) is 17.9 Å². The summed E-state index contributed by atoms with van der Waals surface area (Å²) in [4.78, 5) is 0. The molecule has 0 amide bonds. The van der Waals surface area contributed by atoms with Crippen LogP contribution in [0.15, 0.2) is 21.7 Å². The maximum Gasteiger partial charge on any atom is 0.250 e. The third-order valence-electron chi connectivity index (χ3n) is 2.08. The summed E-state index contributed by atoms with van der Waals surface area (Å²) in [5.74, 6) is 0. The first-order valence-corrected chi connectivity index (χ1v) is 7.56. The van der Waals surface area contributed by atoms with E-state index in [1.165, 1.54) is 17.8 Å². The summed E-state index contributed by atoms with van der Waals surface area (Å²) in [7, 11) is -3.24. The molecule has 0 radical (unpaired) electrons. The molecule has 1 heterocycles. The molecule has 3 nitrogen and oxygen atoms in total. The van der Waals surface area contributed by atoms with Gasteiger partial charge in [0.05, 0.1) is 0 Å². The normalized spacial score (nSPS) is 11.8. The standard InChI is InChI=1S/C10H17NO2S2/c1-2-3-4-5-8-11-15(12,13)10-7-6-9-14-10/h6-7,9,11H,2-5,8H2,1H3. The SMILES string of the molecule is CCCCCCNS(=O)(=O)c1cccs1. The van der Waals surface area contributed by atoms with Crippen LogP contribution in [0.4, 0.5) is 0 Å². The van der Waals surface area contributed by atoms with E-state index in [9.17, 15) is 8.42 Å². The highest BCUT2D eigenvalue weighted by Crippen LogP contribution is 2.15. The molecule has 0 fully saturated rings. The molecule has 0 aliphatic rings. The van der Waals surface area contributed by atoms with Crippen molar-refractivity contribution >= 4 is 21.4 Å². The van der Waals surface area contributed by atoms with Gasteiger partial charge in [-0.3, -0.25) is 0 Å². The average molecular weight is 247 g/mol. The highest BCUT2D eigenvalue weighted by molar-refractivity contribution is 7.91. The molecule has 0 aliphatic heterocycles. The smallest absolute Gasteiger partial charge is 0.210 e. The molecule has 1 aromatic rings. The van der Waals surface area contributed by atoms with Gasteiger partial charge < -0.3 is 0 Å². The summed E-state index contributed by atoms with van der Waals surface area (Å²) in [5.41, 5.74) is 0. The summed E-state index contributed by atoms with van der Waals surface area (Å²) in [5, 5.41) is 1.77. The van der Waals surface area contributed by atoms with Crippen molar-refractivity contribution in [1.29, 1.82) is 0 Å². The zero-order valence-electron chi connectivity index (χ0n) is 8.90. The van der Waals surface area contributed by atoms with Gasteiger partial charge in [0.15, 0.2) is 0 Å². The van der Waals surface area contributed by atoms with Crippen LogP contribution >= 0.6 is 11.3 Å². The molecule has 15 heavy (non-hydrogen) atoms. The Labute approximate surface area is 95.6 Å². The van der Waals surface area contributed by atoms with Crippen molar-refractivity contribution in [1.82, 2.24) is 4.72 Å². The van der Waals surface area contributed by atoms with E-state index in [1.807, 2.05) is 0 Å². The minimum Gasteiger partial charge on any atom is -0.210 e. The maximum atomic E-state index is 11.6. The maximum absolute atomic E-state index is 11.6. The third-order valence-corrected chi connectivity index (χ3v) is 4.94. The first-order valence-electron chi connectivity index (χ1n) is 5.20. The van der Waals surface area contributed by atoms with E-state index in [2.05, 4.69) is 11.6 Å². The van der Waals surface area contributed by atoms with Gasteiger partial charge in [-0.1, -0.05) is 32.3 Å². The Balaban J connectivity index is 2.32. The molecule has 0 aromatic carbocycles. The van der Waals surface area contributed by atoms with Crippen LogP contribution in [0, 0.1) is 0 Å². The van der Waals surface area contributed by atoms with Crippen LogP contribution in [-0.4, -0.2) is 15.0 Å². The first-order chi connectivity index (χ1) is 7.17. The zero-order valence-corrected chi connectivity index (χ0v) is 10.5. The monoisotopic (exact) mass is 247 g/mol. The van der Waals surface area contributed by atoms with E-state index < -0.39 is 10.0 Å². The number of hydrogen-bond acceptors (Lipinski definition) is 3. The van der Waals surface area contributed by atoms with Crippen molar-refractivity contribution in [2.24, 2.45) is 0 Å². The fourth-order valence-electron chi connectivity index (χ4n) is 1.25. The van der Waals surface area contributed by atoms with Gasteiger partial charge >= 0.3 is 0 Å². The average Bonchev–Trinajstić information content (AvgIpc) is 2.70. The highest BCUT2D eigenvalue weighted by Gasteiger charge is 2.13. The van der Waals surface area contributed by atoms with E-state index in [1.54, 1.807) is 17.5 Å². The number of sulfonamides is 1. The summed E-state index contributed by atoms with van der Waals surface area (Å²) < 4.78 is 26.3. The van der Waals surface area contributed by atoms with Crippen molar-refractivity contribution in [2.45, 2.75) is 36.8 Å². The molecular formula is C10H17NO2S2. The van der Waals surface area contributed by atoms with Crippen LogP contribution in [0.2, 0.25) is 0 Å². The molecule has 0 saturated carbocycles. The van der Waals surface area contributed by atoms with Gasteiger partial charge in [0.25, 0.3) is 0 Å². The van der Waals surface area contributed by atoms with E-state index in [4.69, 9.17) is 0 Å². The first kappa shape index (κ1) is 12.7. The topological polar surface area (TPSA) is 46.2 Å². The van der Waals surface area contributed by atoms with E-state index in [0.29, 0.717) is 10.8 Å². The van der Waals surface area contributed by atoms with E-state index in [-0.39, 0.29) is 0 Å². The highest BCUT2D eigenvalue weighted by atomic mass is 32.2. The van der Waals surface area contributed by atoms with Crippen molar-refractivity contribution in [3.63, 3.8) is 0 Å². The molecule has 0 unspecified atom stereocenters. The van der Waals surface area contributed by atoms with E-state index in [0.717, 1.165) is 19.3 Å². The van der Waals surface area contributed by atoms with Crippen LogP contribution in [0.25, 0.3) is 0 Å². The van der Waals surface area contributed by atoms with Crippen LogP contribution in [0.5, 0.6) is 0 Å². The van der Waals surface area contributed by atoms with Gasteiger partial charge in [0, 0.05) is 6.54 Å². The van der Waals surface area contributed by atoms with Crippen molar-refractivity contribution < 1.29 is 8.42 Å². The van der Waals surface area contributed by atoms with Crippen LogP contribution in [0.1, 0.15) is 32.6 Å². The Morgan fingerprint density at radius 2 is 2.13 bits per heavy atom. The lowest BCUT2D eigenvalue weighted by Crippen LogP contribution is -2.23. The fraction of sp³-hybridized carbons (Fsp3) is 0.600. The van der Waals surface area contributed by atoms with Crippen LogP contribution < -0.4 is 4.72 Å². The predicted octanol–water partition coefficient (Wildman–Crippen LogP) is 2.61. The molecular weight excluding hydrogens is 230 g/mol. The summed E-state index contributed by atoms with van der Waals surface area (Å²) in [6.07, 6.45) is 4.33. The second kappa shape index (κ2) is 6.25. The Hall–Kier alpha value is -0.390. The zero-order chi connectivity index (χ0) is 11.1. The molecule has 0 bridgehead atoms. The second-order valence-corrected chi connectivity index (χ2v) is 6.33. The molecule has 0 saturated heterocycles. The number of rotatable bonds is 7. The van der Waals surface area contributed by atoms with Gasteiger partial charge in [0.1, 0.15) is 4.21 Å². The Morgan fingerprint density at radius 3 is 2.73 bits per heavy atom. The molecule has 0 aliphatic carbocycles. The fourth-order valence-corrected chi connectivity index (χ4v) is 3.36. The quantitative estimate of drug-likeness (QED) is 0.753. The van der Waals surface area contributed by atoms with Gasteiger partial charge in [-0.15, -0.1) is 11.3 Å². The minimum absolute atomic E-state index is 0.401. The summed E-state index contributed by atoms with van der Waals surface area (Å²) >= 11 is 1.25. The molecule has 0 atom stereocenters. The number of thiophene rings is 1. The van der Waals surface area contributed by atoms with Crippen molar-refractivity contribution in [3.05, 3.63) is 17.5 Å². The number of hydrogen-bond donors (Lipinski definition) is 1. The van der Waals surface area contributed by atoms with Crippen LogP contribution in [0.3, 0.4) is 0 Å². The largest absolute Gasteiger partial charge is 0.250 e. The van der Waals surface area contributed by atoms with Gasteiger partial charge in [-0.2, -0.15) is 0 Å². The third kappa shape index (κ3) is 4.32. The van der Waals surface area contributed by atoms with Gasteiger partial charge in [0.2, 0.25) is 10.0 Å².